The zero-order valence-electron chi connectivity index (χ0n) is 19.7. The quantitative estimate of drug-likeness (QED) is 0.629. The molecule has 3 nitrogen and oxygen atoms in total. The van der Waals surface area contributed by atoms with E-state index in [1.165, 1.54) is 22.3 Å². The molecule has 1 aromatic rings. The Morgan fingerprint density at radius 1 is 1.09 bits per heavy atom. The summed E-state index contributed by atoms with van der Waals surface area (Å²) in [5.41, 5.74) is 6.24. The van der Waals surface area contributed by atoms with Crippen molar-refractivity contribution in [3.63, 3.8) is 0 Å². The summed E-state index contributed by atoms with van der Waals surface area (Å²) in [6.07, 6.45) is 10.8. The van der Waals surface area contributed by atoms with Crippen molar-refractivity contribution in [1.29, 1.82) is 0 Å². The molecule has 0 spiro atoms. The number of carbonyl (C=O) groups is 1. The molecule has 2 saturated carbocycles. The van der Waals surface area contributed by atoms with Gasteiger partial charge >= 0.3 is 0 Å². The summed E-state index contributed by atoms with van der Waals surface area (Å²) in [6.45, 7) is 4.68. The third-order valence-corrected chi connectivity index (χ3v) is 9.60. The van der Waals surface area contributed by atoms with Gasteiger partial charge in [-0.3, -0.25) is 4.79 Å². The van der Waals surface area contributed by atoms with E-state index in [4.69, 9.17) is 0 Å². The Morgan fingerprint density at radius 3 is 2.59 bits per heavy atom. The number of allylic oxidation sites excluding steroid dienone is 4. The average Bonchev–Trinajstić information content (AvgIpc) is 3.07. The van der Waals surface area contributed by atoms with Crippen LogP contribution in [0.2, 0.25) is 0 Å². The zero-order chi connectivity index (χ0) is 22.5. The largest absolute Gasteiger partial charge is 0.396 e. The van der Waals surface area contributed by atoms with Crippen LogP contribution in [0.5, 0.6) is 0 Å². The first-order chi connectivity index (χ1) is 15.4. The fourth-order valence-electron chi connectivity index (χ4n) is 7.82. The molecule has 2 N–H and O–H groups in total. The van der Waals surface area contributed by atoms with Crippen LogP contribution in [0.4, 0.5) is 0 Å². The lowest BCUT2D eigenvalue weighted by atomic mass is 9.51. The fourth-order valence-corrected chi connectivity index (χ4v) is 7.82. The molecule has 0 radical (unpaired) electrons. The van der Waals surface area contributed by atoms with Crippen molar-refractivity contribution in [2.45, 2.75) is 89.6 Å². The summed E-state index contributed by atoms with van der Waals surface area (Å²) in [4.78, 5) is 12.2. The van der Waals surface area contributed by atoms with E-state index in [1.807, 2.05) is 6.08 Å². The molecule has 2 fully saturated rings. The lowest BCUT2D eigenvalue weighted by Gasteiger charge is -2.55. The highest BCUT2D eigenvalue weighted by atomic mass is 16.3. The van der Waals surface area contributed by atoms with E-state index < -0.39 is 5.60 Å². The van der Waals surface area contributed by atoms with Crippen LogP contribution in [0.25, 0.3) is 0 Å². The van der Waals surface area contributed by atoms with Crippen molar-refractivity contribution < 1.29 is 15.0 Å². The van der Waals surface area contributed by atoms with Gasteiger partial charge in [-0.1, -0.05) is 43.7 Å². The van der Waals surface area contributed by atoms with Gasteiger partial charge in [-0.05, 0) is 98.0 Å². The molecular formula is C29H38O3. The van der Waals surface area contributed by atoms with Gasteiger partial charge < -0.3 is 10.2 Å². The number of benzene rings is 1. The van der Waals surface area contributed by atoms with E-state index in [0.29, 0.717) is 37.0 Å². The third kappa shape index (κ3) is 3.35. The molecule has 0 unspecified atom stereocenters. The predicted octanol–water partition coefficient (Wildman–Crippen LogP) is 5.65. The normalized spacial score (nSPS) is 36.4. The Bertz CT molecular complexity index is 955. The van der Waals surface area contributed by atoms with Crippen LogP contribution in [0, 0.1) is 17.3 Å². The molecule has 172 valence electrons. The number of fused-ring (bicyclic) bond motifs is 4. The molecule has 0 aromatic heterocycles. The molecule has 0 heterocycles. The first-order valence-corrected chi connectivity index (χ1v) is 12.8. The van der Waals surface area contributed by atoms with E-state index in [9.17, 15) is 15.0 Å². The lowest BCUT2D eigenvalue weighted by molar-refractivity contribution is -0.114. The van der Waals surface area contributed by atoms with Crippen LogP contribution in [-0.4, -0.2) is 28.2 Å². The van der Waals surface area contributed by atoms with Gasteiger partial charge in [0.25, 0.3) is 0 Å². The van der Waals surface area contributed by atoms with E-state index in [-0.39, 0.29) is 17.8 Å². The van der Waals surface area contributed by atoms with Crippen molar-refractivity contribution in [2.75, 3.05) is 6.61 Å². The van der Waals surface area contributed by atoms with Gasteiger partial charge in [0.2, 0.25) is 0 Å². The SMILES string of the molecule is CCc1ccc([C@H]2C[C@]3(C)[C@@H](CC[C@]3(O)CCCO)[C@@H]3CCC4=CC(=O)CCC4=C32)cc1. The molecule has 5 rings (SSSR count). The summed E-state index contributed by atoms with van der Waals surface area (Å²) in [7, 11) is 0. The Kier molecular flexibility index (Phi) is 5.70. The van der Waals surface area contributed by atoms with Crippen LogP contribution < -0.4 is 0 Å². The maximum absolute atomic E-state index is 12.2. The average molecular weight is 435 g/mol. The van der Waals surface area contributed by atoms with Crippen molar-refractivity contribution in [3.05, 3.63) is 58.2 Å². The highest BCUT2D eigenvalue weighted by Gasteiger charge is 2.62. The number of ketones is 1. The molecular weight excluding hydrogens is 396 g/mol. The standard InChI is InChI=1S/C29H38O3/c1-3-19-5-7-20(8-6-19)25-18-28(2)26(13-15-29(28,32)14-4-16-30)24-11-9-21-17-22(31)10-12-23(21)27(24)25/h5-8,17,24-26,30,32H,3-4,9-16,18H2,1-2H3/t24-,25+,26-,28+,29+/m0/s1. The number of rotatable bonds is 5. The van der Waals surface area contributed by atoms with E-state index in [2.05, 4.69) is 38.1 Å². The first-order valence-electron chi connectivity index (χ1n) is 12.8. The number of aryl methyl sites for hydroxylation is 1. The Labute approximate surface area is 192 Å². The van der Waals surface area contributed by atoms with E-state index in [1.54, 1.807) is 5.57 Å². The fraction of sp³-hybridized carbons (Fsp3) is 0.621. The van der Waals surface area contributed by atoms with Gasteiger partial charge in [0, 0.05) is 24.4 Å². The van der Waals surface area contributed by atoms with Gasteiger partial charge in [0.1, 0.15) is 0 Å². The Morgan fingerprint density at radius 2 is 1.88 bits per heavy atom. The molecule has 0 aliphatic heterocycles. The van der Waals surface area contributed by atoms with Crippen LogP contribution in [-0.2, 0) is 11.2 Å². The Hall–Kier alpha value is -1.71. The lowest BCUT2D eigenvalue weighted by Crippen LogP contribution is -2.51. The molecule has 0 bridgehead atoms. The highest BCUT2D eigenvalue weighted by molar-refractivity contribution is 5.93. The van der Waals surface area contributed by atoms with Gasteiger partial charge in [0.05, 0.1) is 5.60 Å². The maximum atomic E-state index is 12.2. The highest BCUT2D eigenvalue weighted by Crippen LogP contribution is 2.67. The second-order valence-corrected chi connectivity index (χ2v) is 11.0. The predicted molar refractivity (Wildman–Crippen MR) is 127 cm³/mol. The number of aliphatic hydroxyl groups is 2. The van der Waals surface area contributed by atoms with Crippen molar-refractivity contribution in [1.82, 2.24) is 0 Å². The van der Waals surface area contributed by atoms with Gasteiger partial charge in [0.15, 0.2) is 5.78 Å². The number of hydrogen-bond acceptors (Lipinski definition) is 3. The van der Waals surface area contributed by atoms with Gasteiger partial charge in [-0.2, -0.15) is 0 Å². The van der Waals surface area contributed by atoms with Crippen molar-refractivity contribution >= 4 is 5.78 Å². The first kappa shape index (κ1) is 22.1. The molecule has 4 aliphatic rings. The summed E-state index contributed by atoms with van der Waals surface area (Å²) in [5.74, 6) is 1.57. The summed E-state index contributed by atoms with van der Waals surface area (Å²) < 4.78 is 0. The third-order valence-electron chi connectivity index (χ3n) is 9.60. The molecule has 0 saturated heterocycles. The summed E-state index contributed by atoms with van der Waals surface area (Å²) in [6, 6.07) is 9.15. The summed E-state index contributed by atoms with van der Waals surface area (Å²) in [5, 5.41) is 21.4. The van der Waals surface area contributed by atoms with Crippen LogP contribution in [0.3, 0.4) is 0 Å². The van der Waals surface area contributed by atoms with Crippen LogP contribution in [0.15, 0.2) is 47.1 Å². The number of aliphatic hydroxyl groups excluding tert-OH is 1. The minimum Gasteiger partial charge on any atom is -0.396 e. The molecule has 32 heavy (non-hydrogen) atoms. The molecule has 4 aliphatic carbocycles. The minimum atomic E-state index is -0.698. The van der Waals surface area contributed by atoms with Gasteiger partial charge in [-0.25, -0.2) is 0 Å². The molecule has 0 amide bonds. The maximum Gasteiger partial charge on any atom is 0.156 e. The van der Waals surface area contributed by atoms with Crippen LogP contribution >= 0.6 is 0 Å². The van der Waals surface area contributed by atoms with Crippen molar-refractivity contribution in [3.8, 4) is 0 Å². The monoisotopic (exact) mass is 434 g/mol. The van der Waals surface area contributed by atoms with E-state index in [0.717, 1.165) is 44.9 Å². The molecule has 3 heteroatoms. The smallest absolute Gasteiger partial charge is 0.156 e. The number of hydrogen-bond donors (Lipinski definition) is 2. The number of carbonyl (C=O) groups excluding carboxylic acids is 1. The second kappa shape index (κ2) is 8.25. The van der Waals surface area contributed by atoms with E-state index >= 15 is 0 Å². The summed E-state index contributed by atoms with van der Waals surface area (Å²) >= 11 is 0. The molecule has 1 aromatic carbocycles. The van der Waals surface area contributed by atoms with Gasteiger partial charge in [-0.15, -0.1) is 0 Å². The molecule has 5 atom stereocenters. The van der Waals surface area contributed by atoms with Crippen molar-refractivity contribution in [2.24, 2.45) is 17.3 Å². The Balaban J connectivity index is 1.63. The second-order valence-electron chi connectivity index (χ2n) is 11.0. The topological polar surface area (TPSA) is 57.5 Å². The minimum absolute atomic E-state index is 0.142. The van der Waals surface area contributed by atoms with Crippen LogP contribution in [0.1, 0.15) is 88.7 Å². The zero-order valence-corrected chi connectivity index (χ0v) is 19.7.